The summed E-state index contributed by atoms with van der Waals surface area (Å²) in [7, 11) is 0. The smallest absolute Gasteiger partial charge is 0.0142 e. The molecule has 0 N–H and O–H groups in total. The molecule has 0 heterocycles. The van der Waals surface area contributed by atoms with Crippen LogP contribution in [0.15, 0.2) is 35.8 Å². The number of hydrogen-bond acceptors (Lipinski definition) is 1. The maximum atomic E-state index is 3.67. The molecule has 50 valence electrons. The van der Waals surface area contributed by atoms with E-state index in [2.05, 4.69) is 12.0 Å². The van der Waals surface area contributed by atoms with Crippen LogP contribution >= 0.6 is 11.8 Å². The first-order valence-electron chi connectivity index (χ1n) is 2.83. The van der Waals surface area contributed by atoms with Crippen LogP contribution in [0.3, 0.4) is 0 Å². The lowest BCUT2D eigenvalue weighted by atomic mass is 10.3. The summed E-state index contributed by atoms with van der Waals surface area (Å²) >= 11 is 1.69. The van der Waals surface area contributed by atoms with Gasteiger partial charge < -0.3 is 0 Å². The molecule has 0 aliphatic rings. The maximum Gasteiger partial charge on any atom is -0.0142 e. The van der Waals surface area contributed by atoms with Crippen LogP contribution in [0, 0.1) is 0 Å². The summed E-state index contributed by atoms with van der Waals surface area (Å²) < 4.78 is 0. The first-order chi connectivity index (χ1) is 4.35. The van der Waals surface area contributed by atoms with Crippen LogP contribution in [0.2, 0.25) is 0 Å². The molecule has 9 heavy (non-hydrogen) atoms. The Bertz CT molecular complexity index is 132. The Morgan fingerprint density at radius 1 is 1.56 bits per heavy atom. The molecule has 0 rings (SSSR count). The van der Waals surface area contributed by atoms with E-state index < -0.39 is 0 Å². The summed E-state index contributed by atoms with van der Waals surface area (Å²) in [6, 6.07) is 0. The highest BCUT2D eigenvalue weighted by molar-refractivity contribution is 8.01. The highest BCUT2D eigenvalue weighted by Gasteiger charge is 1.78. The van der Waals surface area contributed by atoms with Gasteiger partial charge in [0.15, 0.2) is 0 Å². The fourth-order valence-corrected chi connectivity index (χ4v) is 0.931. The van der Waals surface area contributed by atoms with Crippen molar-refractivity contribution in [2.75, 3.05) is 6.26 Å². The lowest BCUT2D eigenvalue weighted by molar-refractivity contribution is 1.66. The molecule has 0 aromatic carbocycles. The van der Waals surface area contributed by atoms with Gasteiger partial charge in [0.25, 0.3) is 0 Å². The minimum atomic E-state index is 1.17. The molecule has 0 spiro atoms. The number of rotatable bonds is 3. The molecule has 0 atom stereocenters. The predicted molar refractivity (Wildman–Crippen MR) is 46.6 cm³/mol. The molecule has 0 nitrogen and oxygen atoms in total. The van der Waals surface area contributed by atoms with E-state index >= 15 is 0 Å². The van der Waals surface area contributed by atoms with Crippen LogP contribution in [0.25, 0.3) is 0 Å². The summed E-state index contributed by atoms with van der Waals surface area (Å²) in [6.45, 7) is 5.66. The van der Waals surface area contributed by atoms with Crippen molar-refractivity contribution in [3.8, 4) is 0 Å². The standard InChI is InChI=1S/C8H12S/c1-4-6-8(5-2)7-9-3/h4-7H,2H2,1,3H3/b6-4+,8-7+. The van der Waals surface area contributed by atoms with Crippen LogP contribution in [0.4, 0.5) is 0 Å². The van der Waals surface area contributed by atoms with Crippen molar-refractivity contribution in [3.63, 3.8) is 0 Å². The predicted octanol–water partition coefficient (Wildman–Crippen LogP) is 3.00. The Morgan fingerprint density at radius 3 is 2.56 bits per heavy atom. The highest BCUT2D eigenvalue weighted by Crippen LogP contribution is 2.04. The van der Waals surface area contributed by atoms with E-state index in [-0.39, 0.29) is 0 Å². The number of thioether (sulfide) groups is 1. The highest BCUT2D eigenvalue weighted by atomic mass is 32.2. The summed E-state index contributed by atoms with van der Waals surface area (Å²) in [6.07, 6.45) is 7.91. The van der Waals surface area contributed by atoms with Crippen molar-refractivity contribution in [2.45, 2.75) is 6.92 Å². The van der Waals surface area contributed by atoms with Crippen LogP contribution in [0.1, 0.15) is 6.92 Å². The van der Waals surface area contributed by atoms with Gasteiger partial charge >= 0.3 is 0 Å². The largest absolute Gasteiger partial charge is 0.137 e. The second kappa shape index (κ2) is 5.70. The molecule has 0 unspecified atom stereocenters. The van der Waals surface area contributed by atoms with E-state index in [1.54, 1.807) is 11.8 Å². The van der Waals surface area contributed by atoms with Crippen molar-refractivity contribution < 1.29 is 0 Å². The lowest BCUT2D eigenvalue weighted by Gasteiger charge is -1.87. The Hall–Kier alpha value is -0.430. The second-order valence-corrected chi connectivity index (χ2v) is 2.26. The lowest BCUT2D eigenvalue weighted by Crippen LogP contribution is -1.64. The van der Waals surface area contributed by atoms with Crippen molar-refractivity contribution in [3.05, 3.63) is 35.8 Å². The van der Waals surface area contributed by atoms with Gasteiger partial charge in [0.1, 0.15) is 0 Å². The topological polar surface area (TPSA) is 0 Å². The molecular formula is C8H12S. The molecule has 0 aliphatic carbocycles. The molecule has 1 heteroatoms. The average Bonchev–Trinajstić information content (AvgIpc) is 1.88. The van der Waals surface area contributed by atoms with Crippen molar-refractivity contribution in [1.29, 1.82) is 0 Å². The molecule has 0 aliphatic heterocycles. The fourth-order valence-electron chi connectivity index (χ4n) is 0.484. The van der Waals surface area contributed by atoms with E-state index in [4.69, 9.17) is 0 Å². The molecule has 0 bridgehead atoms. The van der Waals surface area contributed by atoms with Gasteiger partial charge in [-0.1, -0.05) is 24.8 Å². The van der Waals surface area contributed by atoms with Gasteiger partial charge in [-0.25, -0.2) is 0 Å². The SMILES string of the molecule is C=CC(/C=C/C)=C\SC. The quantitative estimate of drug-likeness (QED) is 0.543. The molecule has 0 saturated carbocycles. The van der Waals surface area contributed by atoms with Gasteiger partial charge in [0, 0.05) is 0 Å². The Labute approximate surface area is 61.3 Å². The summed E-state index contributed by atoms with van der Waals surface area (Å²) in [5.74, 6) is 0. The normalized spacial score (nSPS) is 12.4. The van der Waals surface area contributed by atoms with Crippen LogP contribution in [0.5, 0.6) is 0 Å². The van der Waals surface area contributed by atoms with Gasteiger partial charge in [-0.2, -0.15) is 0 Å². The van der Waals surface area contributed by atoms with E-state index in [0.717, 1.165) is 0 Å². The number of allylic oxidation sites excluding steroid dienone is 4. The van der Waals surface area contributed by atoms with Gasteiger partial charge in [-0.3, -0.25) is 0 Å². The van der Waals surface area contributed by atoms with Crippen LogP contribution in [-0.2, 0) is 0 Å². The fraction of sp³-hybridized carbons (Fsp3) is 0.250. The Balaban J connectivity index is 3.97. The van der Waals surface area contributed by atoms with E-state index in [9.17, 15) is 0 Å². The Kier molecular flexibility index (Phi) is 5.43. The summed E-state index contributed by atoms with van der Waals surface area (Å²) in [5.41, 5.74) is 1.17. The zero-order valence-electron chi connectivity index (χ0n) is 5.92. The van der Waals surface area contributed by atoms with Crippen molar-refractivity contribution in [1.82, 2.24) is 0 Å². The van der Waals surface area contributed by atoms with Gasteiger partial charge in [0.05, 0.1) is 0 Å². The van der Waals surface area contributed by atoms with E-state index in [1.165, 1.54) is 5.57 Å². The Morgan fingerprint density at radius 2 is 2.22 bits per heavy atom. The second-order valence-electron chi connectivity index (χ2n) is 1.56. The molecule has 0 fully saturated rings. The third kappa shape index (κ3) is 4.10. The minimum absolute atomic E-state index is 1.17. The van der Waals surface area contributed by atoms with Crippen LogP contribution < -0.4 is 0 Å². The molecular weight excluding hydrogens is 128 g/mol. The third-order valence-corrected chi connectivity index (χ3v) is 1.36. The molecule has 0 radical (unpaired) electrons. The molecule has 0 aromatic heterocycles. The summed E-state index contributed by atoms with van der Waals surface area (Å²) in [4.78, 5) is 0. The zero-order chi connectivity index (χ0) is 7.11. The average molecular weight is 140 g/mol. The van der Waals surface area contributed by atoms with Gasteiger partial charge in [-0.05, 0) is 24.2 Å². The van der Waals surface area contributed by atoms with Crippen molar-refractivity contribution >= 4 is 11.8 Å². The third-order valence-electron chi connectivity index (χ3n) is 0.849. The maximum absolute atomic E-state index is 3.67. The monoisotopic (exact) mass is 140 g/mol. The van der Waals surface area contributed by atoms with Gasteiger partial charge in [0.2, 0.25) is 0 Å². The zero-order valence-corrected chi connectivity index (χ0v) is 6.74. The van der Waals surface area contributed by atoms with E-state index in [0.29, 0.717) is 0 Å². The summed E-state index contributed by atoms with van der Waals surface area (Å²) in [5, 5.41) is 2.06. The van der Waals surface area contributed by atoms with Crippen LogP contribution in [-0.4, -0.2) is 6.26 Å². The molecule has 0 amide bonds. The van der Waals surface area contributed by atoms with Crippen molar-refractivity contribution in [2.24, 2.45) is 0 Å². The molecule has 0 saturated heterocycles. The van der Waals surface area contributed by atoms with Gasteiger partial charge in [-0.15, -0.1) is 11.8 Å². The molecule has 0 aromatic rings. The van der Waals surface area contributed by atoms with E-state index in [1.807, 2.05) is 31.4 Å². The first-order valence-corrected chi connectivity index (χ1v) is 4.12. The minimum Gasteiger partial charge on any atom is -0.137 e. The number of hydrogen-bond donors (Lipinski definition) is 0. The first kappa shape index (κ1) is 8.57.